The molecule has 5 heteroatoms. The molecule has 0 spiro atoms. The van der Waals surface area contributed by atoms with Crippen LogP contribution in [0.1, 0.15) is 69.1 Å². The van der Waals surface area contributed by atoms with E-state index in [0.29, 0.717) is 24.5 Å². The molecule has 0 radical (unpaired) electrons. The molecule has 2 aliphatic heterocycles. The number of hydrogen-bond donors (Lipinski definition) is 1. The quantitative estimate of drug-likeness (QED) is 0.470. The summed E-state index contributed by atoms with van der Waals surface area (Å²) >= 11 is 1.79. The summed E-state index contributed by atoms with van der Waals surface area (Å²) in [6.45, 7) is 9.12. The van der Waals surface area contributed by atoms with E-state index in [9.17, 15) is 5.11 Å². The van der Waals surface area contributed by atoms with E-state index in [-0.39, 0.29) is 6.61 Å². The van der Waals surface area contributed by atoms with Crippen molar-refractivity contribution in [1.29, 1.82) is 0 Å². The number of ether oxygens (including phenoxy) is 2. The maximum Gasteiger partial charge on any atom is 0.124 e. The van der Waals surface area contributed by atoms with Gasteiger partial charge in [0.2, 0.25) is 0 Å². The van der Waals surface area contributed by atoms with Crippen LogP contribution in [0.4, 0.5) is 5.69 Å². The molecule has 1 saturated heterocycles. The van der Waals surface area contributed by atoms with E-state index in [1.165, 1.54) is 23.2 Å². The van der Waals surface area contributed by atoms with Gasteiger partial charge in [0.15, 0.2) is 0 Å². The van der Waals surface area contributed by atoms with Crippen molar-refractivity contribution in [2.75, 3.05) is 24.1 Å². The van der Waals surface area contributed by atoms with Crippen LogP contribution < -0.4 is 9.04 Å². The van der Waals surface area contributed by atoms with Crippen molar-refractivity contribution in [3.8, 4) is 5.75 Å². The third kappa shape index (κ3) is 5.44. The third-order valence-electron chi connectivity index (χ3n) is 6.78. The molecule has 1 atom stereocenters. The molecule has 2 aliphatic rings. The maximum atomic E-state index is 10.0. The van der Waals surface area contributed by atoms with Gasteiger partial charge >= 0.3 is 0 Å². The Morgan fingerprint density at radius 1 is 1.12 bits per heavy atom. The second-order valence-electron chi connectivity index (χ2n) is 9.36. The highest BCUT2D eigenvalue weighted by Crippen LogP contribution is 2.41. The van der Waals surface area contributed by atoms with Crippen LogP contribution >= 0.6 is 11.9 Å². The first-order chi connectivity index (χ1) is 15.6. The summed E-state index contributed by atoms with van der Waals surface area (Å²) in [5.41, 5.74) is 5.06. The first kappa shape index (κ1) is 23.5. The topological polar surface area (TPSA) is 41.9 Å². The number of fused-ring (bicyclic) bond motifs is 1. The summed E-state index contributed by atoms with van der Waals surface area (Å²) < 4.78 is 14.0. The van der Waals surface area contributed by atoms with E-state index in [0.717, 1.165) is 55.1 Å². The SMILES string of the molecule is CC[C@@H]1CCc2cc(C(C)C)ccc2N1Sc1ccc(OCC2CCOCC2)c(CO)c1. The van der Waals surface area contributed by atoms with Gasteiger partial charge in [0.05, 0.1) is 18.9 Å². The number of aliphatic hydroxyl groups excluding tert-OH is 1. The Morgan fingerprint density at radius 2 is 1.94 bits per heavy atom. The zero-order chi connectivity index (χ0) is 22.5. The Bertz CT molecular complexity index is 894. The van der Waals surface area contributed by atoms with Gasteiger partial charge < -0.3 is 18.9 Å². The van der Waals surface area contributed by atoms with Crippen molar-refractivity contribution >= 4 is 17.6 Å². The van der Waals surface area contributed by atoms with Gasteiger partial charge in [-0.3, -0.25) is 0 Å². The van der Waals surface area contributed by atoms with Crippen LogP contribution in [-0.4, -0.2) is 31.0 Å². The number of nitrogens with zero attached hydrogens (tertiary/aromatic N) is 1. The molecule has 2 heterocycles. The predicted octanol–water partition coefficient (Wildman–Crippen LogP) is 6.35. The van der Waals surface area contributed by atoms with E-state index in [2.05, 4.69) is 55.4 Å². The van der Waals surface area contributed by atoms with Crippen molar-refractivity contribution in [3.63, 3.8) is 0 Å². The molecule has 1 N–H and O–H groups in total. The fraction of sp³-hybridized carbons (Fsp3) is 0.556. The Morgan fingerprint density at radius 3 is 2.66 bits per heavy atom. The number of benzene rings is 2. The summed E-state index contributed by atoms with van der Waals surface area (Å²) in [5, 5.41) is 10.0. The molecular weight excluding hydrogens is 418 g/mol. The van der Waals surface area contributed by atoms with Crippen molar-refractivity contribution < 1.29 is 14.6 Å². The normalized spacial score (nSPS) is 19.3. The zero-order valence-corrected chi connectivity index (χ0v) is 20.5. The van der Waals surface area contributed by atoms with E-state index < -0.39 is 0 Å². The standard InChI is InChI=1S/C27H37NO3S/c1-4-24-7-5-22-15-21(19(2)3)6-9-26(22)28(24)32-25-8-10-27(23(16-25)17-29)31-18-20-11-13-30-14-12-20/h6,8-10,15-16,19-20,24,29H,4-5,7,11-14,17-18H2,1-3H3/t24-/m1/s1. The van der Waals surface area contributed by atoms with Gasteiger partial charge in [-0.15, -0.1) is 0 Å². The Balaban J connectivity index is 1.51. The predicted molar refractivity (Wildman–Crippen MR) is 133 cm³/mol. The highest BCUT2D eigenvalue weighted by atomic mass is 32.2. The van der Waals surface area contributed by atoms with Gasteiger partial charge in [0, 0.05) is 29.7 Å². The average molecular weight is 456 g/mol. The lowest BCUT2D eigenvalue weighted by molar-refractivity contribution is 0.0494. The minimum atomic E-state index is -0.0109. The van der Waals surface area contributed by atoms with Gasteiger partial charge in [-0.1, -0.05) is 32.9 Å². The van der Waals surface area contributed by atoms with Crippen molar-refractivity contribution in [1.82, 2.24) is 0 Å². The molecule has 0 saturated carbocycles. The van der Waals surface area contributed by atoms with Crippen molar-refractivity contribution in [2.24, 2.45) is 5.92 Å². The Hall–Kier alpha value is -1.69. The monoisotopic (exact) mass is 455 g/mol. The first-order valence-corrected chi connectivity index (χ1v) is 12.9. The minimum absolute atomic E-state index is 0.0109. The van der Waals surface area contributed by atoms with Gasteiger partial charge in [-0.25, -0.2) is 0 Å². The van der Waals surface area contributed by atoms with Gasteiger partial charge in [-0.05, 0) is 91.3 Å². The fourth-order valence-electron chi connectivity index (χ4n) is 4.62. The Kier molecular flexibility index (Phi) is 8.03. The van der Waals surface area contributed by atoms with E-state index >= 15 is 0 Å². The molecule has 2 aromatic rings. The molecule has 4 rings (SSSR count). The average Bonchev–Trinajstić information content (AvgIpc) is 2.83. The molecule has 0 aliphatic carbocycles. The summed E-state index contributed by atoms with van der Waals surface area (Å²) in [5.74, 6) is 1.89. The van der Waals surface area contributed by atoms with Crippen LogP contribution in [0.2, 0.25) is 0 Å². The molecule has 0 aromatic heterocycles. The molecule has 1 fully saturated rings. The smallest absolute Gasteiger partial charge is 0.124 e. The van der Waals surface area contributed by atoms with Crippen LogP contribution in [-0.2, 0) is 17.8 Å². The van der Waals surface area contributed by atoms with Gasteiger partial charge in [0.25, 0.3) is 0 Å². The highest BCUT2D eigenvalue weighted by Gasteiger charge is 2.27. The largest absolute Gasteiger partial charge is 0.493 e. The van der Waals surface area contributed by atoms with Crippen molar-refractivity contribution in [3.05, 3.63) is 53.1 Å². The van der Waals surface area contributed by atoms with Gasteiger partial charge in [0.1, 0.15) is 5.75 Å². The van der Waals surface area contributed by atoms with Crippen LogP contribution in [0.15, 0.2) is 41.3 Å². The van der Waals surface area contributed by atoms with Gasteiger partial charge in [-0.2, -0.15) is 0 Å². The lowest BCUT2D eigenvalue weighted by atomic mass is 9.92. The molecule has 32 heavy (non-hydrogen) atoms. The maximum absolute atomic E-state index is 10.0. The third-order valence-corrected chi connectivity index (χ3v) is 7.94. The number of anilines is 1. The summed E-state index contributed by atoms with van der Waals surface area (Å²) in [4.78, 5) is 1.15. The van der Waals surface area contributed by atoms with Crippen LogP contribution in [0.25, 0.3) is 0 Å². The summed E-state index contributed by atoms with van der Waals surface area (Å²) in [7, 11) is 0. The highest BCUT2D eigenvalue weighted by molar-refractivity contribution is 8.00. The van der Waals surface area contributed by atoms with Crippen LogP contribution in [0.3, 0.4) is 0 Å². The first-order valence-electron chi connectivity index (χ1n) is 12.1. The molecule has 0 unspecified atom stereocenters. The second kappa shape index (κ2) is 11.0. The van der Waals surface area contributed by atoms with E-state index in [4.69, 9.17) is 9.47 Å². The lowest BCUT2D eigenvalue weighted by Crippen LogP contribution is -2.33. The van der Waals surface area contributed by atoms with Crippen LogP contribution in [0, 0.1) is 5.92 Å². The summed E-state index contributed by atoms with van der Waals surface area (Å²) in [6.07, 6.45) is 5.54. The minimum Gasteiger partial charge on any atom is -0.493 e. The molecule has 0 amide bonds. The molecule has 2 aromatic carbocycles. The number of hydrogen-bond acceptors (Lipinski definition) is 5. The number of aryl methyl sites for hydroxylation is 1. The van der Waals surface area contributed by atoms with E-state index in [1.807, 2.05) is 6.07 Å². The molecule has 0 bridgehead atoms. The number of aliphatic hydroxyl groups is 1. The Labute approximate surface area is 197 Å². The zero-order valence-electron chi connectivity index (χ0n) is 19.7. The van der Waals surface area contributed by atoms with E-state index in [1.54, 1.807) is 11.9 Å². The van der Waals surface area contributed by atoms with Crippen molar-refractivity contribution in [2.45, 2.75) is 76.3 Å². The second-order valence-corrected chi connectivity index (χ2v) is 10.4. The molecule has 4 nitrogen and oxygen atoms in total. The summed E-state index contributed by atoms with van der Waals surface area (Å²) in [6, 6.07) is 13.7. The molecular formula is C27H37NO3S. The number of rotatable bonds is 8. The molecule has 174 valence electrons. The fourth-order valence-corrected chi connectivity index (χ4v) is 5.85. The van der Waals surface area contributed by atoms with Crippen LogP contribution in [0.5, 0.6) is 5.75 Å². The lowest BCUT2D eigenvalue weighted by Gasteiger charge is -2.37.